The van der Waals surface area contributed by atoms with Crippen molar-refractivity contribution in [3.05, 3.63) is 35.4 Å². The van der Waals surface area contributed by atoms with Crippen LogP contribution in [-0.4, -0.2) is 26.3 Å². The van der Waals surface area contributed by atoms with Gasteiger partial charge in [-0.1, -0.05) is 24.3 Å². The lowest BCUT2D eigenvalue weighted by molar-refractivity contribution is 0.500. The van der Waals surface area contributed by atoms with E-state index in [2.05, 4.69) is 0 Å². The first kappa shape index (κ1) is 12.7. The summed E-state index contributed by atoms with van der Waals surface area (Å²) in [6.07, 6.45) is 0. The predicted molar refractivity (Wildman–Crippen MR) is 62.0 cm³/mol. The second-order valence-corrected chi connectivity index (χ2v) is 5.67. The number of hydrogen-bond acceptors (Lipinski definition) is 3. The summed E-state index contributed by atoms with van der Waals surface area (Å²) in [7, 11) is -1.97. The molecule has 0 bridgehead atoms. The molecule has 0 radical (unpaired) electrons. The minimum Gasteiger partial charge on any atom is -0.212 e. The highest BCUT2D eigenvalue weighted by Gasteiger charge is 2.18. The summed E-state index contributed by atoms with van der Waals surface area (Å²) < 4.78 is 24.7. The zero-order valence-electron chi connectivity index (χ0n) is 9.34. The average Bonchev–Trinajstić information content (AvgIpc) is 2.21. The van der Waals surface area contributed by atoms with Crippen molar-refractivity contribution in [3.8, 4) is 6.07 Å². The van der Waals surface area contributed by atoms with Gasteiger partial charge >= 0.3 is 0 Å². The molecule has 0 aliphatic carbocycles. The molecule has 0 amide bonds. The second-order valence-electron chi connectivity index (χ2n) is 3.60. The molecule has 0 atom stereocenters. The monoisotopic (exact) mass is 238 g/mol. The molecule has 0 heterocycles. The van der Waals surface area contributed by atoms with Gasteiger partial charge in [-0.2, -0.15) is 9.57 Å². The third-order valence-electron chi connectivity index (χ3n) is 2.37. The Hall–Kier alpha value is -1.38. The summed E-state index contributed by atoms with van der Waals surface area (Å²) >= 11 is 0. The maximum absolute atomic E-state index is 11.8. The largest absolute Gasteiger partial charge is 0.218 e. The molecule has 5 heteroatoms. The van der Waals surface area contributed by atoms with Crippen molar-refractivity contribution in [3.63, 3.8) is 0 Å². The maximum atomic E-state index is 11.8. The molecule has 0 saturated carbocycles. The van der Waals surface area contributed by atoms with Gasteiger partial charge in [0.1, 0.15) is 6.54 Å². The van der Waals surface area contributed by atoms with Crippen LogP contribution in [0.3, 0.4) is 0 Å². The van der Waals surface area contributed by atoms with Crippen LogP contribution < -0.4 is 0 Å². The average molecular weight is 238 g/mol. The van der Waals surface area contributed by atoms with Gasteiger partial charge < -0.3 is 0 Å². The molecular formula is C11H14N2O2S. The summed E-state index contributed by atoms with van der Waals surface area (Å²) in [6, 6.07) is 9.15. The van der Waals surface area contributed by atoms with Gasteiger partial charge in [0.05, 0.1) is 11.8 Å². The molecule has 0 aromatic heterocycles. The van der Waals surface area contributed by atoms with Gasteiger partial charge in [0.25, 0.3) is 0 Å². The van der Waals surface area contributed by atoms with Crippen LogP contribution in [0.1, 0.15) is 11.1 Å². The maximum Gasteiger partial charge on any atom is 0.218 e. The third-order valence-corrected chi connectivity index (χ3v) is 4.12. The standard InChI is InChI=1S/C11H14N2O2S/c1-10-5-3-4-6-11(10)9-16(14,15)13(2)8-7-12/h3-6H,8-9H2,1-2H3. The molecule has 0 aliphatic rings. The minimum absolute atomic E-state index is 0.0577. The Morgan fingerprint density at radius 3 is 2.56 bits per heavy atom. The van der Waals surface area contributed by atoms with E-state index in [4.69, 9.17) is 5.26 Å². The van der Waals surface area contributed by atoms with Crippen LogP contribution in [0.4, 0.5) is 0 Å². The molecule has 0 spiro atoms. The molecule has 0 fully saturated rings. The SMILES string of the molecule is Cc1ccccc1CS(=O)(=O)N(C)CC#N. The van der Waals surface area contributed by atoms with E-state index in [0.29, 0.717) is 0 Å². The molecule has 1 rings (SSSR count). The number of benzene rings is 1. The Kier molecular flexibility index (Phi) is 4.05. The van der Waals surface area contributed by atoms with Crippen molar-refractivity contribution in [2.45, 2.75) is 12.7 Å². The second kappa shape index (κ2) is 5.10. The fourth-order valence-corrected chi connectivity index (χ4v) is 2.47. The van der Waals surface area contributed by atoms with Gasteiger partial charge in [-0.3, -0.25) is 0 Å². The summed E-state index contributed by atoms with van der Waals surface area (Å²) in [5.41, 5.74) is 1.71. The van der Waals surface area contributed by atoms with Crippen molar-refractivity contribution in [1.82, 2.24) is 4.31 Å². The topological polar surface area (TPSA) is 61.2 Å². The number of sulfonamides is 1. The molecule has 0 saturated heterocycles. The molecular weight excluding hydrogens is 224 g/mol. The van der Waals surface area contributed by atoms with Crippen LogP contribution in [0, 0.1) is 18.3 Å². The van der Waals surface area contributed by atoms with E-state index in [9.17, 15) is 8.42 Å². The van der Waals surface area contributed by atoms with E-state index in [1.165, 1.54) is 7.05 Å². The van der Waals surface area contributed by atoms with E-state index in [0.717, 1.165) is 15.4 Å². The van der Waals surface area contributed by atoms with Crippen LogP contribution in [0.5, 0.6) is 0 Å². The van der Waals surface area contributed by atoms with Gasteiger partial charge in [-0.05, 0) is 18.1 Å². The van der Waals surface area contributed by atoms with E-state index >= 15 is 0 Å². The Labute approximate surface area is 96.2 Å². The zero-order valence-corrected chi connectivity index (χ0v) is 10.2. The summed E-state index contributed by atoms with van der Waals surface area (Å²) in [5, 5.41) is 8.46. The van der Waals surface area contributed by atoms with Crippen LogP contribution in [0.15, 0.2) is 24.3 Å². The Morgan fingerprint density at radius 2 is 2.00 bits per heavy atom. The molecule has 1 aromatic rings. The lowest BCUT2D eigenvalue weighted by Crippen LogP contribution is -2.28. The molecule has 1 aromatic carbocycles. The van der Waals surface area contributed by atoms with Gasteiger partial charge in [-0.15, -0.1) is 0 Å². The van der Waals surface area contributed by atoms with Crippen LogP contribution in [-0.2, 0) is 15.8 Å². The first-order valence-corrected chi connectivity index (χ1v) is 6.44. The van der Waals surface area contributed by atoms with Crippen LogP contribution in [0.25, 0.3) is 0 Å². The summed E-state index contributed by atoms with van der Waals surface area (Å²) in [4.78, 5) is 0. The Balaban J connectivity index is 2.90. The fraction of sp³-hybridized carbons (Fsp3) is 0.364. The summed E-state index contributed by atoms with van der Waals surface area (Å²) in [6.45, 7) is 1.75. The van der Waals surface area contributed by atoms with E-state index < -0.39 is 10.0 Å². The highest BCUT2D eigenvalue weighted by atomic mass is 32.2. The van der Waals surface area contributed by atoms with Crippen molar-refractivity contribution in [1.29, 1.82) is 5.26 Å². The number of nitrogens with zero attached hydrogens (tertiary/aromatic N) is 2. The fourth-order valence-electron chi connectivity index (χ4n) is 1.28. The van der Waals surface area contributed by atoms with Gasteiger partial charge in [-0.25, -0.2) is 8.42 Å². The molecule has 0 unspecified atom stereocenters. The lowest BCUT2D eigenvalue weighted by atomic mass is 10.1. The van der Waals surface area contributed by atoms with E-state index in [-0.39, 0.29) is 12.3 Å². The molecule has 0 aliphatic heterocycles. The van der Waals surface area contributed by atoms with Crippen molar-refractivity contribution in [2.75, 3.05) is 13.6 Å². The van der Waals surface area contributed by atoms with E-state index in [1.54, 1.807) is 6.07 Å². The highest BCUT2D eigenvalue weighted by molar-refractivity contribution is 7.88. The number of aryl methyl sites for hydroxylation is 1. The first-order chi connectivity index (χ1) is 7.47. The third kappa shape index (κ3) is 3.05. The highest BCUT2D eigenvalue weighted by Crippen LogP contribution is 2.13. The van der Waals surface area contributed by atoms with E-state index in [1.807, 2.05) is 31.2 Å². The molecule has 0 N–H and O–H groups in total. The van der Waals surface area contributed by atoms with Gasteiger partial charge in [0, 0.05) is 7.05 Å². The van der Waals surface area contributed by atoms with Gasteiger partial charge in [0.2, 0.25) is 10.0 Å². The molecule has 4 nitrogen and oxygen atoms in total. The van der Waals surface area contributed by atoms with Crippen molar-refractivity contribution in [2.24, 2.45) is 0 Å². The lowest BCUT2D eigenvalue weighted by Gasteiger charge is -2.14. The first-order valence-electron chi connectivity index (χ1n) is 4.83. The van der Waals surface area contributed by atoms with Gasteiger partial charge in [0.15, 0.2) is 0 Å². The molecule has 86 valence electrons. The normalized spacial score (nSPS) is 11.4. The van der Waals surface area contributed by atoms with Crippen molar-refractivity contribution >= 4 is 10.0 Å². The zero-order chi connectivity index (χ0) is 12.2. The minimum atomic E-state index is -3.39. The Bertz CT molecular complexity index is 503. The van der Waals surface area contributed by atoms with Crippen LogP contribution in [0.2, 0.25) is 0 Å². The Morgan fingerprint density at radius 1 is 1.38 bits per heavy atom. The summed E-state index contributed by atoms with van der Waals surface area (Å²) in [5.74, 6) is -0.0577. The number of rotatable bonds is 4. The molecule has 16 heavy (non-hydrogen) atoms. The number of nitriles is 1. The number of hydrogen-bond donors (Lipinski definition) is 0. The van der Waals surface area contributed by atoms with Crippen LogP contribution >= 0.6 is 0 Å². The predicted octanol–water partition coefficient (Wildman–Crippen LogP) is 1.28. The van der Waals surface area contributed by atoms with Crippen molar-refractivity contribution < 1.29 is 8.42 Å². The smallest absolute Gasteiger partial charge is 0.212 e. The quantitative estimate of drug-likeness (QED) is 0.742.